The number of hydrogen-bond acceptors (Lipinski definition) is 4. The molecule has 1 aliphatic heterocycles. The first-order valence-corrected chi connectivity index (χ1v) is 9.32. The van der Waals surface area contributed by atoms with Crippen molar-refractivity contribution in [1.29, 1.82) is 0 Å². The molecule has 6 nitrogen and oxygen atoms in total. The van der Waals surface area contributed by atoms with Gasteiger partial charge in [0.25, 0.3) is 5.91 Å². The maximum Gasteiger partial charge on any atom is 0.254 e. The second kappa shape index (κ2) is 9.28. The highest BCUT2D eigenvalue weighted by molar-refractivity contribution is 5.86. The second-order valence-corrected chi connectivity index (χ2v) is 6.66. The highest BCUT2D eigenvalue weighted by Crippen LogP contribution is 2.24. The molecule has 0 aliphatic carbocycles. The minimum absolute atomic E-state index is 0.103. The monoisotopic (exact) mass is 367 g/mol. The van der Waals surface area contributed by atoms with Crippen molar-refractivity contribution in [2.45, 2.75) is 38.5 Å². The summed E-state index contributed by atoms with van der Waals surface area (Å²) in [6.45, 7) is 3.10. The van der Waals surface area contributed by atoms with Crippen LogP contribution in [0.1, 0.15) is 36.9 Å². The lowest BCUT2D eigenvalue weighted by Crippen LogP contribution is -2.53. The number of carbonyl (C=O) groups is 2. The zero-order valence-corrected chi connectivity index (χ0v) is 15.5. The van der Waals surface area contributed by atoms with Gasteiger partial charge >= 0.3 is 0 Å². The van der Waals surface area contributed by atoms with Gasteiger partial charge in [0.1, 0.15) is 6.61 Å². The standard InChI is InChI=1S/C21H25N3O3/c1-2-3-12-24(14-16-8-7-11-22-13-16)21(26)20-19(23-18(25)15-27-20)17-9-5-4-6-10-17/h4-11,13,19-20H,2-3,12,14-15H2,1H3,(H,23,25)/t19-,20+/m1/s1. The number of amides is 2. The van der Waals surface area contributed by atoms with Gasteiger partial charge in [-0.05, 0) is 23.6 Å². The topological polar surface area (TPSA) is 71.5 Å². The number of ether oxygens (including phenoxy) is 1. The summed E-state index contributed by atoms with van der Waals surface area (Å²) in [5.41, 5.74) is 1.83. The van der Waals surface area contributed by atoms with Gasteiger partial charge < -0.3 is 15.0 Å². The highest BCUT2D eigenvalue weighted by Gasteiger charge is 2.38. The molecule has 1 fully saturated rings. The SMILES string of the molecule is CCCCN(Cc1cccnc1)C(=O)[C@H]1OCC(=O)N[C@@H]1c1ccccc1. The van der Waals surface area contributed by atoms with Crippen molar-refractivity contribution < 1.29 is 14.3 Å². The Kier molecular flexibility index (Phi) is 6.54. The van der Waals surface area contributed by atoms with Gasteiger partial charge in [0.2, 0.25) is 5.91 Å². The van der Waals surface area contributed by atoms with Crippen molar-refractivity contribution in [2.75, 3.05) is 13.2 Å². The van der Waals surface area contributed by atoms with E-state index in [0.29, 0.717) is 13.1 Å². The fourth-order valence-electron chi connectivity index (χ4n) is 3.19. The molecule has 0 saturated carbocycles. The van der Waals surface area contributed by atoms with E-state index >= 15 is 0 Å². The molecule has 3 rings (SSSR count). The number of unbranched alkanes of at least 4 members (excludes halogenated alkanes) is 1. The van der Waals surface area contributed by atoms with Crippen LogP contribution in [0.4, 0.5) is 0 Å². The normalized spacial score (nSPS) is 19.4. The van der Waals surface area contributed by atoms with Crippen LogP contribution < -0.4 is 5.32 Å². The first-order valence-electron chi connectivity index (χ1n) is 9.32. The quantitative estimate of drug-likeness (QED) is 0.816. The molecule has 0 spiro atoms. The van der Waals surface area contributed by atoms with E-state index in [9.17, 15) is 9.59 Å². The second-order valence-electron chi connectivity index (χ2n) is 6.66. The molecule has 2 atom stereocenters. The van der Waals surface area contributed by atoms with Crippen LogP contribution in [0, 0.1) is 0 Å². The summed E-state index contributed by atoms with van der Waals surface area (Å²) in [5.74, 6) is -0.318. The lowest BCUT2D eigenvalue weighted by Gasteiger charge is -2.35. The minimum atomic E-state index is -0.737. The molecule has 0 bridgehead atoms. The number of carbonyl (C=O) groups excluding carboxylic acids is 2. The van der Waals surface area contributed by atoms with Gasteiger partial charge in [-0.25, -0.2) is 0 Å². The van der Waals surface area contributed by atoms with Gasteiger partial charge in [-0.3, -0.25) is 14.6 Å². The molecular formula is C21H25N3O3. The van der Waals surface area contributed by atoms with E-state index in [1.807, 2.05) is 42.5 Å². The fourth-order valence-corrected chi connectivity index (χ4v) is 3.19. The van der Waals surface area contributed by atoms with Crippen LogP contribution in [0.25, 0.3) is 0 Å². The summed E-state index contributed by atoms with van der Waals surface area (Å²) in [7, 11) is 0. The average molecular weight is 367 g/mol. The van der Waals surface area contributed by atoms with Crippen molar-refractivity contribution in [2.24, 2.45) is 0 Å². The van der Waals surface area contributed by atoms with E-state index in [2.05, 4.69) is 17.2 Å². The van der Waals surface area contributed by atoms with E-state index in [-0.39, 0.29) is 18.4 Å². The molecule has 0 radical (unpaired) electrons. The van der Waals surface area contributed by atoms with Gasteiger partial charge in [0.15, 0.2) is 6.10 Å². The number of hydrogen-bond donors (Lipinski definition) is 1. The first-order chi connectivity index (χ1) is 13.2. The van der Waals surface area contributed by atoms with Crippen LogP contribution >= 0.6 is 0 Å². The summed E-state index contributed by atoms with van der Waals surface area (Å²) in [4.78, 5) is 31.1. The minimum Gasteiger partial charge on any atom is -0.356 e. The average Bonchev–Trinajstić information content (AvgIpc) is 2.72. The molecule has 1 aromatic heterocycles. The third kappa shape index (κ3) is 4.92. The number of benzene rings is 1. The largest absolute Gasteiger partial charge is 0.356 e. The van der Waals surface area contributed by atoms with Crippen molar-refractivity contribution in [3.05, 3.63) is 66.0 Å². The summed E-state index contributed by atoms with van der Waals surface area (Å²) >= 11 is 0. The Morgan fingerprint density at radius 3 is 2.78 bits per heavy atom. The van der Waals surface area contributed by atoms with Crippen LogP contribution in [-0.2, 0) is 20.9 Å². The molecule has 1 aliphatic rings. The molecule has 2 amide bonds. The fraction of sp³-hybridized carbons (Fsp3) is 0.381. The molecule has 27 heavy (non-hydrogen) atoms. The lowest BCUT2D eigenvalue weighted by atomic mass is 9.98. The number of nitrogens with one attached hydrogen (secondary N) is 1. The molecule has 2 aromatic rings. The Labute approximate surface area is 159 Å². The van der Waals surface area contributed by atoms with Crippen molar-refractivity contribution >= 4 is 11.8 Å². The van der Waals surface area contributed by atoms with E-state index < -0.39 is 12.1 Å². The van der Waals surface area contributed by atoms with Gasteiger partial charge in [-0.1, -0.05) is 49.7 Å². The summed E-state index contributed by atoms with van der Waals surface area (Å²) < 4.78 is 5.70. The Balaban J connectivity index is 1.82. The number of morpholine rings is 1. The van der Waals surface area contributed by atoms with Gasteiger partial charge in [0, 0.05) is 25.5 Å². The van der Waals surface area contributed by atoms with Crippen LogP contribution in [0.5, 0.6) is 0 Å². The van der Waals surface area contributed by atoms with Crippen molar-refractivity contribution in [1.82, 2.24) is 15.2 Å². The van der Waals surface area contributed by atoms with Crippen LogP contribution in [0.15, 0.2) is 54.9 Å². The zero-order valence-electron chi connectivity index (χ0n) is 15.5. The smallest absolute Gasteiger partial charge is 0.254 e. The van der Waals surface area contributed by atoms with Gasteiger partial charge in [-0.15, -0.1) is 0 Å². The van der Waals surface area contributed by atoms with Crippen LogP contribution in [0.2, 0.25) is 0 Å². The molecule has 142 valence electrons. The molecule has 1 saturated heterocycles. The predicted molar refractivity (Wildman–Crippen MR) is 102 cm³/mol. The van der Waals surface area contributed by atoms with Gasteiger partial charge in [-0.2, -0.15) is 0 Å². The lowest BCUT2D eigenvalue weighted by molar-refractivity contribution is -0.155. The molecular weight excluding hydrogens is 342 g/mol. The Morgan fingerprint density at radius 1 is 1.26 bits per heavy atom. The maximum atomic E-state index is 13.3. The number of pyridine rings is 1. The number of aromatic nitrogens is 1. The molecule has 1 N–H and O–H groups in total. The summed E-state index contributed by atoms with van der Waals surface area (Å²) in [6, 6.07) is 12.8. The maximum absolute atomic E-state index is 13.3. The molecule has 0 unspecified atom stereocenters. The molecule has 6 heteroatoms. The van der Waals surface area contributed by atoms with E-state index in [4.69, 9.17) is 4.74 Å². The van der Waals surface area contributed by atoms with E-state index in [1.54, 1.807) is 17.3 Å². The predicted octanol–water partition coefficient (Wildman–Crippen LogP) is 2.47. The number of nitrogens with zero attached hydrogens (tertiary/aromatic N) is 2. The third-order valence-corrected chi connectivity index (χ3v) is 4.60. The first kappa shape index (κ1) is 19.0. The summed E-state index contributed by atoms with van der Waals surface area (Å²) in [6.07, 6.45) is 4.64. The Hall–Kier alpha value is -2.73. The van der Waals surface area contributed by atoms with Crippen LogP contribution in [0.3, 0.4) is 0 Å². The summed E-state index contributed by atoms with van der Waals surface area (Å²) in [5, 5.41) is 2.91. The molecule has 2 heterocycles. The van der Waals surface area contributed by atoms with Crippen molar-refractivity contribution in [3.63, 3.8) is 0 Å². The zero-order chi connectivity index (χ0) is 19.1. The Morgan fingerprint density at radius 2 is 2.07 bits per heavy atom. The number of rotatable bonds is 7. The highest BCUT2D eigenvalue weighted by atomic mass is 16.5. The molecule has 1 aromatic carbocycles. The van der Waals surface area contributed by atoms with Crippen LogP contribution in [-0.4, -0.2) is 41.0 Å². The van der Waals surface area contributed by atoms with Crippen molar-refractivity contribution in [3.8, 4) is 0 Å². The van der Waals surface area contributed by atoms with E-state index in [0.717, 1.165) is 24.0 Å². The Bertz CT molecular complexity index is 752. The van der Waals surface area contributed by atoms with Gasteiger partial charge in [0.05, 0.1) is 6.04 Å². The van der Waals surface area contributed by atoms with E-state index in [1.165, 1.54) is 0 Å². The third-order valence-electron chi connectivity index (χ3n) is 4.60.